The zero-order valence-corrected chi connectivity index (χ0v) is 4.90. The fourth-order valence-corrected chi connectivity index (χ4v) is 0.743. The second-order valence-corrected chi connectivity index (χ2v) is 1.78. The van der Waals surface area contributed by atoms with Crippen LogP contribution in [0.4, 0.5) is 0 Å². The van der Waals surface area contributed by atoms with E-state index in [-0.39, 0.29) is 5.91 Å². The molecule has 0 fully saturated rings. The van der Waals surface area contributed by atoms with Gasteiger partial charge in [-0.3, -0.25) is 4.79 Å². The lowest BCUT2D eigenvalue weighted by Crippen LogP contribution is -2.22. The van der Waals surface area contributed by atoms with Crippen molar-refractivity contribution in [3.05, 3.63) is 12.3 Å². The Labute approximate surface area is 56.7 Å². The van der Waals surface area contributed by atoms with Crippen LogP contribution >= 0.6 is 0 Å². The summed E-state index contributed by atoms with van der Waals surface area (Å²) in [6, 6.07) is 0. The topological polar surface area (TPSA) is 54.1 Å². The molecule has 10 heavy (non-hydrogen) atoms. The second kappa shape index (κ2) is 1.70. The maximum Gasteiger partial charge on any atom is 0.299 e. The molecule has 0 aliphatic carbocycles. The summed E-state index contributed by atoms with van der Waals surface area (Å²) in [5, 5.41) is 0. The van der Waals surface area contributed by atoms with Gasteiger partial charge in [0.25, 0.3) is 5.91 Å². The van der Waals surface area contributed by atoms with Gasteiger partial charge in [0.2, 0.25) is 0 Å². The van der Waals surface area contributed by atoms with Gasteiger partial charge in [0.15, 0.2) is 5.71 Å². The Balaban J connectivity index is 2.54. The highest BCUT2D eigenvalue weighted by molar-refractivity contribution is 6.71. The van der Waals surface area contributed by atoms with Crippen LogP contribution < -0.4 is 0 Å². The first-order valence-electron chi connectivity index (χ1n) is 2.69. The average Bonchev–Trinajstić information content (AvgIpc) is 2.36. The molecule has 4 heteroatoms. The highest BCUT2D eigenvalue weighted by Crippen LogP contribution is 2.02. The van der Waals surface area contributed by atoms with E-state index in [0.717, 1.165) is 0 Å². The Hall–Kier alpha value is -1.58. The zero-order valence-electron chi connectivity index (χ0n) is 4.90. The third-order valence-corrected chi connectivity index (χ3v) is 1.18. The van der Waals surface area contributed by atoms with Crippen LogP contribution in [0.3, 0.4) is 0 Å². The molecule has 0 saturated carbocycles. The molecular formula is C6H2N3O. The molecule has 1 amide bonds. The molecule has 2 aliphatic rings. The van der Waals surface area contributed by atoms with Gasteiger partial charge in [-0.05, 0) is 0 Å². The minimum absolute atomic E-state index is 0.294. The van der Waals surface area contributed by atoms with Gasteiger partial charge in [-0.15, -0.1) is 0 Å². The van der Waals surface area contributed by atoms with E-state index >= 15 is 0 Å². The number of carbonyl (C=O) groups is 1. The van der Waals surface area contributed by atoms with E-state index in [9.17, 15) is 4.79 Å². The number of carbonyl (C=O) groups excluding carboxylic acids is 1. The quantitative estimate of drug-likeness (QED) is 0.449. The molecule has 0 N–H and O–H groups in total. The van der Waals surface area contributed by atoms with Crippen molar-refractivity contribution in [1.82, 2.24) is 0 Å². The molecule has 0 atom stereocenters. The third kappa shape index (κ3) is 0.556. The maximum atomic E-state index is 10.8. The maximum absolute atomic E-state index is 10.8. The highest BCUT2D eigenvalue weighted by atomic mass is 16.1. The van der Waals surface area contributed by atoms with Crippen LogP contribution in [0, 0.1) is 6.08 Å². The SMILES string of the molecule is O=C1N=CN=C2[C]=CN=C12. The van der Waals surface area contributed by atoms with E-state index in [1.165, 1.54) is 12.5 Å². The van der Waals surface area contributed by atoms with E-state index in [1.807, 2.05) is 0 Å². The van der Waals surface area contributed by atoms with Gasteiger partial charge in [-0.25, -0.2) is 9.98 Å². The van der Waals surface area contributed by atoms with Gasteiger partial charge in [-0.1, -0.05) is 0 Å². The van der Waals surface area contributed by atoms with Crippen molar-refractivity contribution in [1.29, 1.82) is 0 Å². The number of hydrogen-bond donors (Lipinski definition) is 0. The van der Waals surface area contributed by atoms with Crippen LogP contribution in [0.1, 0.15) is 0 Å². The molecule has 0 saturated heterocycles. The first kappa shape index (κ1) is 5.22. The van der Waals surface area contributed by atoms with Crippen LogP contribution in [0.2, 0.25) is 0 Å². The Kier molecular flexibility index (Phi) is 0.887. The summed E-state index contributed by atoms with van der Waals surface area (Å²) in [4.78, 5) is 21.7. The van der Waals surface area contributed by atoms with Gasteiger partial charge in [0.1, 0.15) is 12.1 Å². The van der Waals surface area contributed by atoms with E-state index in [1.54, 1.807) is 0 Å². The van der Waals surface area contributed by atoms with E-state index in [0.29, 0.717) is 11.4 Å². The molecule has 0 aromatic rings. The first-order valence-corrected chi connectivity index (χ1v) is 2.69. The van der Waals surface area contributed by atoms with E-state index in [2.05, 4.69) is 21.1 Å². The predicted octanol–water partition coefficient (Wildman–Crippen LogP) is -0.233. The average molecular weight is 132 g/mol. The summed E-state index contributed by atoms with van der Waals surface area (Å²) in [5.41, 5.74) is 0.780. The number of fused-ring (bicyclic) bond motifs is 1. The molecule has 0 aromatic carbocycles. The lowest BCUT2D eigenvalue weighted by Gasteiger charge is -1.97. The molecular weight excluding hydrogens is 130 g/mol. The molecule has 0 spiro atoms. The zero-order chi connectivity index (χ0) is 6.97. The van der Waals surface area contributed by atoms with Crippen molar-refractivity contribution in [2.75, 3.05) is 0 Å². The molecule has 0 aromatic heterocycles. The summed E-state index contributed by atoms with van der Waals surface area (Å²) in [6.45, 7) is 0. The number of hydrogen-bond acceptors (Lipinski definition) is 3. The number of amides is 1. The lowest BCUT2D eigenvalue weighted by atomic mass is 10.2. The van der Waals surface area contributed by atoms with Gasteiger partial charge < -0.3 is 0 Å². The van der Waals surface area contributed by atoms with Crippen LogP contribution in [0.15, 0.2) is 21.2 Å². The monoisotopic (exact) mass is 132 g/mol. The van der Waals surface area contributed by atoms with E-state index in [4.69, 9.17) is 0 Å². The summed E-state index contributed by atoms with van der Waals surface area (Å²) in [6.07, 6.45) is 5.33. The summed E-state index contributed by atoms with van der Waals surface area (Å²) in [7, 11) is 0. The van der Waals surface area contributed by atoms with Crippen LogP contribution in [-0.2, 0) is 4.79 Å². The van der Waals surface area contributed by atoms with Gasteiger partial charge in [0, 0.05) is 12.3 Å². The smallest absolute Gasteiger partial charge is 0.265 e. The number of rotatable bonds is 0. The normalized spacial score (nSPS) is 20.6. The molecule has 2 aliphatic heterocycles. The van der Waals surface area contributed by atoms with Crippen molar-refractivity contribution in [3.63, 3.8) is 0 Å². The van der Waals surface area contributed by atoms with Gasteiger partial charge in [0.05, 0.1) is 0 Å². The van der Waals surface area contributed by atoms with Gasteiger partial charge >= 0.3 is 0 Å². The standard InChI is InChI=1S/C6H2N3O/c10-6-5-4(1-2-7-5)8-3-9-6/h2-3H. The molecule has 1 radical (unpaired) electrons. The summed E-state index contributed by atoms with van der Waals surface area (Å²) < 4.78 is 0. The van der Waals surface area contributed by atoms with Crippen molar-refractivity contribution < 1.29 is 4.79 Å². The number of nitrogens with zero attached hydrogens (tertiary/aromatic N) is 3. The second-order valence-electron chi connectivity index (χ2n) is 1.78. The van der Waals surface area contributed by atoms with Crippen LogP contribution in [0.25, 0.3) is 0 Å². The largest absolute Gasteiger partial charge is 0.299 e. The Bertz CT molecular complexity index is 303. The first-order chi connectivity index (χ1) is 4.88. The fraction of sp³-hybridized carbons (Fsp3) is 0. The van der Waals surface area contributed by atoms with Crippen LogP contribution in [0.5, 0.6) is 0 Å². The minimum Gasteiger partial charge on any atom is -0.265 e. The number of aliphatic imine (C=N–C) groups is 3. The Morgan fingerprint density at radius 2 is 2.30 bits per heavy atom. The van der Waals surface area contributed by atoms with Gasteiger partial charge in [-0.2, -0.15) is 4.99 Å². The number of allylic oxidation sites excluding steroid dienone is 1. The molecule has 47 valence electrons. The molecule has 2 heterocycles. The summed E-state index contributed by atoms with van der Waals surface area (Å²) in [5.74, 6) is -0.341. The van der Waals surface area contributed by atoms with Crippen LogP contribution in [-0.4, -0.2) is 23.7 Å². The molecule has 0 unspecified atom stereocenters. The minimum atomic E-state index is -0.341. The summed E-state index contributed by atoms with van der Waals surface area (Å²) >= 11 is 0. The highest BCUT2D eigenvalue weighted by Gasteiger charge is 2.20. The van der Waals surface area contributed by atoms with E-state index < -0.39 is 0 Å². The molecule has 2 rings (SSSR count). The molecule has 4 nitrogen and oxygen atoms in total. The van der Waals surface area contributed by atoms with Crippen molar-refractivity contribution in [3.8, 4) is 0 Å². The molecule has 0 bridgehead atoms. The van der Waals surface area contributed by atoms with Crippen molar-refractivity contribution in [2.45, 2.75) is 0 Å². The Morgan fingerprint density at radius 1 is 1.40 bits per heavy atom. The van der Waals surface area contributed by atoms with Crippen molar-refractivity contribution >= 4 is 23.7 Å². The third-order valence-electron chi connectivity index (χ3n) is 1.18. The van der Waals surface area contributed by atoms with Crippen molar-refractivity contribution in [2.24, 2.45) is 15.0 Å². The predicted molar refractivity (Wildman–Crippen MR) is 36.2 cm³/mol. The fourth-order valence-electron chi connectivity index (χ4n) is 0.743. The lowest BCUT2D eigenvalue weighted by molar-refractivity contribution is -0.111. The Morgan fingerprint density at radius 3 is 3.10 bits per heavy atom.